The number of anilines is 1. The van der Waals surface area contributed by atoms with Gasteiger partial charge in [0, 0.05) is 11.6 Å². The predicted molar refractivity (Wildman–Crippen MR) is 105 cm³/mol. The highest BCUT2D eigenvalue weighted by Crippen LogP contribution is 2.42. The summed E-state index contributed by atoms with van der Waals surface area (Å²) in [7, 11) is 1.48. The van der Waals surface area contributed by atoms with Crippen molar-refractivity contribution >= 4 is 23.3 Å². The van der Waals surface area contributed by atoms with E-state index in [1.165, 1.54) is 37.4 Å². The molecule has 1 fully saturated rings. The predicted octanol–water partition coefficient (Wildman–Crippen LogP) is 3.76. The second kappa shape index (κ2) is 7.47. The highest BCUT2D eigenvalue weighted by molar-refractivity contribution is 6.51. The number of halogens is 1. The first-order valence-electron chi connectivity index (χ1n) is 9.05. The van der Waals surface area contributed by atoms with E-state index >= 15 is 0 Å². The molecule has 7 nitrogen and oxygen atoms in total. The Kier molecular flexibility index (Phi) is 4.83. The maximum atomic E-state index is 13.5. The smallest absolute Gasteiger partial charge is 0.301 e. The number of hydrogen-bond acceptors (Lipinski definition) is 6. The van der Waals surface area contributed by atoms with Crippen LogP contribution in [-0.2, 0) is 9.59 Å². The fourth-order valence-corrected chi connectivity index (χ4v) is 3.42. The zero-order chi connectivity index (χ0) is 21.4. The maximum Gasteiger partial charge on any atom is 0.301 e. The van der Waals surface area contributed by atoms with Crippen molar-refractivity contribution in [2.75, 3.05) is 12.0 Å². The van der Waals surface area contributed by atoms with Crippen LogP contribution in [0.25, 0.3) is 5.76 Å². The van der Waals surface area contributed by atoms with Crippen LogP contribution >= 0.6 is 0 Å². The molecule has 0 bridgehead atoms. The Morgan fingerprint density at radius 1 is 1.17 bits per heavy atom. The fraction of sp³-hybridized carbons (Fsp3) is 0.136. The van der Waals surface area contributed by atoms with Gasteiger partial charge in [-0.05, 0) is 36.8 Å². The first-order valence-corrected chi connectivity index (χ1v) is 9.05. The van der Waals surface area contributed by atoms with Crippen molar-refractivity contribution in [1.29, 1.82) is 0 Å². The van der Waals surface area contributed by atoms with E-state index < -0.39 is 23.5 Å². The molecule has 1 unspecified atom stereocenters. The molecule has 1 aliphatic heterocycles. The largest absolute Gasteiger partial charge is 0.507 e. The van der Waals surface area contributed by atoms with E-state index in [0.29, 0.717) is 22.6 Å². The number of carbonyl (C=O) groups excluding carboxylic acids is 2. The van der Waals surface area contributed by atoms with Gasteiger partial charge in [0.2, 0.25) is 0 Å². The number of hydrogen-bond donors (Lipinski definition) is 1. The first kappa shape index (κ1) is 19.4. The highest BCUT2D eigenvalue weighted by atomic mass is 19.1. The van der Waals surface area contributed by atoms with Gasteiger partial charge in [-0.25, -0.2) is 4.39 Å². The number of aryl methyl sites for hydroxylation is 1. The van der Waals surface area contributed by atoms with Crippen molar-refractivity contribution in [1.82, 2.24) is 5.16 Å². The number of nitrogens with zero attached hydrogens (tertiary/aromatic N) is 2. The van der Waals surface area contributed by atoms with E-state index in [1.54, 1.807) is 31.2 Å². The van der Waals surface area contributed by atoms with E-state index in [2.05, 4.69) is 5.16 Å². The van der Waals surface area contributed by atoms with E-state index in [-0.39, 0.29) is 17.2 Å². The number of methoxy groups -OCH3 is 1. The summed E-state index contributed by atoms with van der Waals surface area (Å²) in [6.07, 6.45) is 0. The number of ketones is 1. The zero-order valence-electron chi connectivity index (χ0n) is 16.1. The molecule has 30 heavy (non-hydrogen) atoms. The second-order valence-electron chi connectivity index (χ2n) is 6.75. The van der Waals surface area contributed by atoms with Crippen LogP contribution in [0.3, 0.4) is 0 Å². The van der Waals surface area contributed by atoms with Crippen molar-refractivity contribution in [2.24, 2.45) is 0 Å². The molecule has 152 valence electrons. The zero-order valence-corrected chi connectivity index (χ0v) is 16.1. The number of aliphatic hydroxyl groups is 1. The summed E-state index contributed by atoms with van der Waals surface area (Å²) in [5, 5.41) is 14.8. The van der Waals surface area contributed by atoms with Crippen molar-refractivity contribution in [3.63, 3.8) is 0 Å². The maximum absolute atomic E-state index is 13.5. The molecule has 1 saturated heterocycles. The summed E-state index contributed by atoms with van der Waals surface area (Å²) in [6, 6.07) is 12.3. The lowest BCUT2D eigenvalue weighted by atomic mass is 9.95. The SMILES string of the molecule is COc1cccc(C(O)=C2C(=O)C(=O)N(c3cc(C)on3)C2c2ccc(F)cc2)c1. The Morgan fingerprint density at radius 3 is 2.53 bits per heavy atom. The topological polar surface area (TPSA) is 92.9 Å². The van der Waals surface area contributed by atoms with Crippen molar-refractivity contribution in [3.05, 3.63) is 82.9 Å². The van der Waals surface area contributed by atoms with Crippen LogP contribution < -0.4 is 9.64 Å². The van der Waals surface area contributed by atoms with Crippen molar-refractivity contribution in [2.45, 2.75) is 13.0 Å². The number of benzene rings is 2. The minimum Gasteiger partial charge on any atom is -0.507 e. The van der Waals surface area contributed by atoms with Crippen molar-refractivity contribution < 1.29 is 28.3 Å². The summed E-state index contributed by atoms with van der Waals surface area (Å²) in [4.78, 5) is 27.0. The van der Waals surface area contributed by atoms with Gasteiger partial charge in [-0.2, -0.15) is 0 Å². The molecular formula is C22H17FN2O5. The Morgan fingerprint density at radius 2 is 1.90 bits per heavy atom. The molecule has 0 radical (unpaired) electrons. The van der Waals surface area contributed by atoms with Crippen molar-refractivity contribution in [3.8, 4) is 5.75 Å². The second-order valence-corrected chi connectivity index (χ2v) is 6.75. The van der Waals surface area contributed by atoms with Gasteiger partial charge in [0.25, 0.3) is 5.78 Å². The van der Waals surface area contributed by atoms with Gasteiger partial charge < -0.3 is 14.4 Å². The quantitative estimate of drug-likeness (QED) is 0.401. The molecule has 1 atom stereocenters. The van der Waals surface area contributed by atoms with Crippen LogP contribution in [0.15, 0.2) is 64.7 Å². The minimum absolute atomic E-state index is 0.119. The average molecular weight is 408 g/mol. The van der Waals surface area contributed by atoms with Crippen LogP contribution in [0, 0.1) is 12.7 Å². The van der Waals surface area contributed by atoms with Gasteiger partial charge >= 0.3 is 5.91 Å². The van der Waals surface area contributed by atoms with Gasteiger partial charge in [0.1, 0.15) is 23.1 Å². The number of aromatic nitrogens is 1. The third kappa shape index (κ3) is 3.22. The molecule has 8 heteroatoms. The highest BCUT2D eigenvalue weighted by Gasteiger charge is 2.48. The first-order chi connectivity index (χ1) is 14.4. The third-order valence-electron chi connectivity index (χ3n) is 4.84. The number of amides is 1. The number of Topliss-reactive ketones (excluding diaryl/α,β-unsaturated/α-hetero) is 1. The van der Waals surface area contributed by atoms with Gasteiger partial charge in [-0.15, -0.1) is 0 Å². The molecule has 1 aromatic heterocycles. The molecular weight excluding hydrogens is 391 g/mol. The van der Waals surface area contributed by atoms with E-state index in [4.69, 9.17) is 9.26 Å². The summed E-state index contributed by atoms with van der Waals surface area (Å²) in [6.45, 7) is 1.65. The van der Waals surface area contributed by atoms with Gasteiger partial charge in [-0.3, -0.25) is 14.5 Å². The summed E-state index contributed by atoms with van der Waals surface area (Å²) >= 11 is 0. The van der Waals surface area contributed by atoms with Crippen LogP contribution in [0.5, 0.6) is 5.75 Å². The third-order valence-corrected chi connectivity index (χ3v) is 4.84. The Bertz CT molecular complexity index is 1170. The lowest BCUT2D eigenvalue weighted by molar-refractivity contribution is -0.132. The monoisotopic (exact) mass is 408 g/mol. The Labute approximate surface area is 171 Å². The molecule has 2 aromatic carbocycles. The number of rotatable bonds is 4. The molecule has 1 N–H and O–H groups in total. The molecule has 3 aromatic rings. The van der Waals surface area contributed by atoms with Crippen LogP contribution in [0.1, 0.15) is 22.9 Å². The standard InChI is InChI=1S/C22H17FN2O5/c1-12-10-17(24-30-12)25-19(13-6-8-15(23)9-7-13)18(21(27)22(25)28)20(26)14-4-3-5-16(11-14)29-2/h3-11,19,26H,1-2H3. The van der Waals surface area contributed by atoms with Gasteiger partial charge in [-0.1, -0.05) is 29.4 Å². The lowest BCUT2D eigenvalue weighted by Crippen LogP contribution is -2.29. The fourth-order valence-electron chi connectivity index (χ4n) is 3.42. The number of carbonyl (C=O) groups is 2. The molecule has 2 heterocycles. The van der Waals surface area contributed by atoms with E-state index in [9.17, 15) is 19.1 Å². The Hall–Kier alpha value is -3.94. The molecule has 0 saturated carbocycles. The normalized spacial score (nSPS) is 18.1. The molecule has 4 rings (SSSR count). The average Bonchev–Trinajstić information content (AvgIpc) is 3.29. The summed E-state index contributed by atoms with van der Waals surface area (Å²) in [5.41, 5.74) is 0.594. The van der Waals surface area contributed by atoms with Gasteiger partial charge in [0.05, 0.1) is 18.7 Å². The summed E-state index contributed by atoms with van der Waals surface area (Å²) < 4.78 is 23.7. The Balaban J connectivity index is 1.94. The van der Waals surface area contributed by atoms with Crippen LogP contribution in [-0.4, -0.2) is 29.1 Å². The lowest BCUT2D eigenvalue weighted by Gasteiger charge is -2.22. The molecule has 0 spiro atoms. The van der Waals surface area contributed by atoms with Crippen LogP contribution in [0.4, 0.5) is 10.2 Å². The number of aliphatic hydroxyl groups excluding tert-OH is 1. The van der Waals surface area contributed by atoms with E-state index in [1.807, 2.05) is 0 Å². The molecule has 1 aliphatic rings. The summed E-state index contributed by atoms with van der Waals surface area (Å²) in [5.74, 6) is -1.57. The molecule has 0 aliphatic carbocycles. The van der Waals surface area contributed by atoms with Crippen LogP contribution in [0.2, 0.25) is 0 Å². The molecule has 1 amide bonds. The van der Waals surface area contributed by atoms with E-state index in [0.717, 1.165) is 4.90 Å². The van der Waals surface area contributed by atoms with Gasteiger partial charge in [0.15, 0.2) is 5.82 Å². The minimum atomic E-state index is -1.01. The number of ether oxygens (including phenoxy) is 1.